The number of guanidine groups is 1. The SMILES string of the molecule is CN=C(NCCc1nc(C)no1)NCCc1ccccc1Cl.I. The first-order valence-corrected chi connectivity index (χ1v) is 7.54. The maximum absolute atomic E-state index is 6.13. The van der Waals surface area contributed by atoms with Gasteiger partial charge in [0, 0.05) is 31.6 Å². The van der Waals surface area contributed by atoms with E-state index in [4.69, 9.17) is 16.1 Å². The van der Waals surface area contributed by atoms with Crippen LogP contribution in [0.2, 0.25) is 5.02 Å². The van der Waals surface area contributed by atoms with Crippen molar-refractivity contribution in [3.8, 4) is 0 Å². The van der Waals surface area contributed by atoms with Crippen LogP contribution in [0.15, 0.2) is 33.8 Å². The minimum Gasteiger partial charge on any atom is -0.356 e. The summed E-state index contributed by atoms with van der Waals surface area (Å²) in [6.45, 7) is 3.23. The Hall–Kier alpha value is -1.35. The first kappa shape index (κ1) is 19.7. The molecule has 0 atom stereocenters. The van der Waals surface area contributed by atoms with Gasteiger partial charge in [-0.15, -0.1) is 24.0 Å². The van der Waals surface area contributed by atoms with Gasteiger partial charge in [0.05, 0.1) is 0 Å². The number of hydrogen-bond acceptors (Lipinski definition) is 4. The van der Waals surface area contributed by atoms with Crippen LogP contribution in [0.25, 0.3) is 0 Å². The molecule has 0 saturated carbocycles. The maximum atomic E-state index is 6.13. The fraction of sp³-hybridized carbons (Fsp3) is 0.400. The molecule has 2 rings (SSSR count). The first-order chi connectivity index (χ1) is 10.7. The molecule has 0 radical (unpaired) electrons. The largest absolute Gasteiger partial charge is 0.356 e. The summed E-state index contributed by atoms with van der Waals surface area (Å²) in [5.41, 5.74) is 1.12. The quantitative estimate of drug-likeness (QED) is 0.403. The van der Waals surface area contributed by atoms with Gasteiger partial charge in [0.25, 0.3) is 0 Å². The Morgan fingerprint density at radius 2 is 1.91 bits per heavy atom. The van der Waals surface area contributed by atoms with E-state index in [2.05, 4.69) is 25.8 Å². The first-order valence-electron chi connectivity index (χ1n) is 7.16. The smallest absolute Gasteiger partial charge is 0.228 e. The summed E-state index contributed by atoms with van der Waals surface area (Å²) in [6, 6.07) is 7.84. The maximum Gasteiger partial charge on any atom is 0.228 e. The second-order valence-corrected chi connectivity index (χ2v) is 5.16. The highest BCUT2D eigenvalue weighted by molar-refractivity contribution is 14.0. The lowest BCUT2D eigenvalue weighted by molar-refractivity contribution is 0.374. The number of rotatable bonds is 6. The molecule has 0 amide bonds. The van der Waals surface area contributed by atoms with Crippen LogP contribution in [0.1, 0.15) is 17.3 Å². The van der Waals surface area contributed by atoms with Crippen molar-refractivity contribution in [1.82, 2.24) is 20.8 Å². The number of benzene rings is 1. The molecule has 2 N–H and O–H groups in total. The van der Waals surface area contributed by atoms with Gasteiger partial charge in [0.15, 0.2) is 11.8 Å². The van der Waals surface area contributed by atoms with Crippen molar-refractivity contribution < 1.29 is 4.52 Å². The fourth-order valence-corrected chi connectivity index (χ4v) is 2.20. The zero-order chi connectivity index (χ0) is 15.8. The van der Waals surface area contributed by atoms with Gasteiger partial charge < -0.3 is 15.2 Å². The van der Waals surface area contributed by atoms with Crippen molar-refractivity contribution in [2.24, 2.45) is 4.99 Å². The molecule has 6 nitrogen and oxygen atoms in total. The normalized spacial score (nSPS) is 11.0. The monoisotopic (exact) mass is 449 g/mol. The Morgan fingerprint density at radius 3 is 2.52 bits per heavy atom. The molecule has 0 unspecified atom stereocenters. The van der Waals surface area contributed by atoms with Crippen LogP contribution in [-0.2, 0) is 12.8 Å². The number of aryl methyl sites for hydroxylation is 1. The third-order valence-corrected chi connectivity index (χ3v) is 3.44. The summed E-state index contributed by atoms with van der Waals surface area (Å²) in [4.78, 5) is 8.33. The molecular formula is C15H21ClIN5O. The summed E-state index contributed by atoms with van der Waals surface area (Å²) in [5, 5.41) is 11.0. The molecule has 0 aliphatic carbocycles. The molecule has 8 heteroatoms. The van der Waals surface area contributed by atoms with Gasteiger partial charge in [-0.1, -0.05) is 35.0 Å². The van der Waals surface area contributed by atoms with Crippen molar-refractivity contribution in [2.45, 2.75) is 19.8 Å². The molecule has 23 heavy (non-hydrogen) atoms. The van der Waals surface area contributed by atoms with Crippen molar-refractivity contribution >= 4 is 41.5 Å². The topological polar surface area (TPSA) is 75.3 Å². The van der Waals surface area contributed by atoms with Crippen molar-refractivity contribution in [1.29, 1.82) is 0 Å². The molecule has 0 spiro atoms. The summed E-state index contributed by atoms with van der Waals surface area (Å²) >= 11 is 6.13. The van der Waals surface area contributed by atoms with Crippen molar-refractivity contribution in [3.05, 3.63) is 46.6 Å². The van der Waals surface area contributed by atoms with Crippen LogP contribution in [0.4, 0.5) is 0 Å². The van der Waals surface area contributed by atoms with E-state index in [0.29, 0.717) is 24.7 Å². The zero-order valence-corrected chi connectivity index (χ0v) is 16.3. The molecule has 1 aromatic heterocycles. The van der Waals surface area contributed by atoms with Gasteiger partial charge in [0.1, 0.15) is 0 Å². The van der Waals surface area contributed by atoms with Crippen LogP contribution in [0.5, 0.6) is 0 Å². The molecule has 1 heterocycles. The van der Waals surface area contributed by atoms with E-state index in [9.17, 15) is 0 Å². The molecule has 126 valence electrons. The minimum atomic E-state index is 0. The van der Waals surface area contributed by atoms with Crippen LogP contribution in [0, 0.1) is 6.92 Å². The zero-order valence-electron chi connectivity index (χ0n) is 13.2. The number of nitrogens with one attached hydrogen (secondary N) is 2. The molecule has 0 bridgehead atoms. The van der Waals surface area contributed by atoms with E-state index in [1.54, 1.807) is 14.0 Å². The third kappa shape index (κ3) is 6.74. The standard InChI is InChI=1S/C15H20ClN5O.HI/c1-11-20-14(22-21-11)8-10-19-15(17-2)18-9-7-12-5-3-4-6-13(12)16;/h3-6H,7-10H2,1-2H3,(H2,17,18,19);1H. The van der Waals surface area contributed by atoms with Gasteiger partial charge in [-0.25, -0.2) is 0 Å². The summed E-state index contributed by atoms with van der Waals surface area (Å²) < 4.78 is 5.06. The number of hydrogen-bond donors (Lipinski definition) is 2. The Labute approximate surface area is 158 Å². The average molecular weight is 450 g/mol. The van der Waals surface area contributed by atoms with Gasteiger partial charge in [-0.3, -0.25) is 4.99 Å². The highest BCUT2D eigenvalue weighted by atomic mass is 127. The highest BCUT2D eigenvalue weighted by Gasteiger charge is 2.04. The lowest BCUT2D eigenvalue weighted by Crippen LogP contribution is -2.39. The fourth-order valence-electron chi connectivity index (χ4n) is 1.97. The van der Waals surface area contributed by atoms with Crippen LogP contribution < -0.4 is 10.6 Å². The van der Waals surface area contributed by atoms with Crippen molar-refractivity contribution in [3.63, 3.8) is 0 Å². The Bertz CT molecular complexity index is 632. The lowest BCUT2D eigenvalue weighted by atomic mass is 10.1. The number of aromatic nitrogens is 2. The molecule has 0 aliphatic heterocycles. The van der Waals surface area contributed by atoms with Gasteiger partial charge >= 0.3 is 0 Å². The van der Waals surface area contributed by atoms with Gasteiger partial charge in [-0.05, 0) is 25.0 Å². The van der Waals surface area contributed by atoms with E-state index in [1.807, 2.05) is 24.3 Å². The lowest BCUT2D eigenvalue weighted by Gasteiger charge is -2.11. The average Bonchev–Trinajstić information content (AvgIpc) is 2.93. The molecular weight excluding hydrogens is 429 g/mol. The number of aliphatic imine (C=N–C) groups is 1. The predicted octanol–water partition coefficient (Wildman–Crippen LogP) is 2.60. The van der Waals surface area contributed by atoms with Crippen LogP contribution in [0.3, 0.4) is 0 Å². The minimum absolute atomic E-state index is 0. The van der Waals surface area contributed by atoms with Crippen LogP contribution in [-0.4, -0.2) is 36.2 Å². The van der Waals surface area contributed by atoms with E-state index in [0.717, 1.165) is 29.5 Å². The summed E-state index contributed by atoms with van der Waals surface area (Å²) in [5.74, 6) is 2.01. The summed E-state index contributed by atoms with van der Waals surface area (Å²) in [7, 11) is 1.74. The van der Waals surface area contributed by atoms with E-state index < -0.39 is 0 Å². The van der Waals surface area contributed by atoms with Gasteiger partial charge in [-0.2, -0.15) is 4.98 Å². The van der Waals surface area contributed by atoms with E-state index >= 15 is 0 Å². The predicted molar refractivity (Wildman–Crippen MR) is 103 cm³/mol. The second kappa shape index (κ2) is 10.4. The Morgan fingerprint density at radius 1 is 1.22 bits per heavy atom. The van der Waals surface area contributed by atoms with E-state index in [-0.39, 0.29) is 24.0 Å². The second-order valence-electron chi connectivity index (χ2n) is 4.75. The van der Waals surface area contributed by atoms with Crippen molar-refractivity contribution in [2.75, 3.05) is 20.1 Å². The highest BCUT2D eigenvalue weighted by Crippen LogP contribution is 2.14. The van der Waals surface area contributed by atoms with Crippen LogP contribution >= 0.6 is 35.6 Å². The molecule has 0 saturated heterocycles. The third-order valence-electron chi connectivity index (χ3n) is 3.07. The summed E-state index contributed by atoms with van der Waals surface area (Å²) in [6.07, 6.45) is 1.50. The molecule has 0 fully saturated rings. The van der Waals surface area contributed by atoms with E-state index in [1.165, 1.54) is 0 Å². The Kier molecular flexibility index (Phi) is 8.93. The Balaban J connectivity index is 0.00000264. The number of halogens is 2. The molecule has 0 aliphatic rings. The molecule has 2 aromatic rings. The molecule has 1 aromatic carbocycles. The van der Waals surface area contributed by atoms with Gasteiger partial charge in [0.2, 0.25) is 5.89 Å². The number of nitrogens with zero attached hydrogens (tertiary/aromatic N) is 3.